The van der Waals surface area contributed by atoms with Gasteiger partial charge in [-0.05, 0) is 25.7 Å². The van der Waals surface area contributed by atoms with Gasteiger partial charge in [0, 0.05) is 5.54 Å². The fourth-order valence-corrected chi connectivity index (χ4v) is 1.76. The smallest absolute Gasteiger partial charge is 0.108 e. The molecular formula is C8H15NO2. The quantitative estimate of drug-likeness (QED) is 0.616. The summed E-state index contributed by atoms with van der Waals surface area (Å²) in [5, 5.41) is 12.0. The second kappa shape index (κ2) is 2.73. The van der Waals surface area contributed by atoms with Crippen LogP contribution in [0.15, 0.2) is 0 Å². The lowest BCUT2D eigenvalue weighted by Gasteiger charge is -2.12. The number of hydrogen-bond acceptors (Lipinski definition) is 3. The largest absolute Gasteiger partial charge is 0.394 e. The topological polar surface area (TPSA) is 41.5 Å². The van der Waals surface area contributed by atoms with E-state index < -0.39 is 0 Å². The summed E-state index contributed by atoms with van der Waals surface area (Å²) in [4.78, 5) is 0. The van der Waals surface area contributed by atoms with E-state index in [1.807, 2.05) is 0 Å². The molecule has 3 nitrogen and oxygen atoms in total. The lowest BCUT2D eigenvalue weighted by molar-refractivity contribution is 0.0174. The highest BCUT2D eigenvalue weighted by atomic mass is 16.5. The molecule has 0 bridgehead atoms. The molecule has 1 atom stereocenters. The Labute approximate surface area is 66.7 Å². The van der Waals surface area contributed by atoms with Crippen LogP contribution in [0.5, 0.6) is 0 Å². The van der Waals surface area contributed by atoms with Gasteiger partial charge in [0.05, 0.1) is 13.2 Å². The minimum atomic E-state index is 0.130. The molecule has 2 N–H and O–H groups in total. The van der Waals surface area contributed by atoms with Crippen molar-refractivity contribution in [2.24, 2.45) is 0 Å². The van der Waals surface area contributed by atoms with Gasteiger partial charge in [0.15, 0.2) is 0 Å². The van der Waals surface area contributed by atoms with Crippen LogP contribution in [0.2, 0.25) is 0 Å². The Kier molecular flexibility index (Phi) is 1.87. The van der Waals surface area contributed by atoms with Crippen molar-refractivity contribution in [1.29, 1.82) is 0 Å². The van der Waals surface area contributed by atoms with E-state index >= 15 is 0 Å². The van der Waals surface area contributed by atoms with Crippen LogP contribution in [0.1, 0.15) is 25.7 Å². The summed E-state index contributed by atoms with van der Waals surface area (Å²) < 4.78 is 5.37. The number of aliphatic hydroxyl groups is 1. The van der Waals surface area contributed by atoms with Crippen molar-refractivity contribution < 1.29 is 9.84 Å². The van der Waals surface area contributed by atoms with Crippen molar-refractivity contribution in [3.63, 3.8) is 0 Å². The molecule has 2 rings (SSSR count). The molecule has 0 amide bonds. The van der Waals surface area contributed by atoms with E-state index in [4.69, 9.17) is 9.84 Å². The first-order valence-corrected chi connectivity index (χ1v) is 4.35. The maximum atomic E-state index is 8.52. The highest BCUT2D eigenvalue weighted by Gasteiger charge is 2.48. The van der Waals surface area contributed by atoms with Crippen LogP contribution in [-0.4, -0.2) is 30.1 Å². The summed E-state index contributed by atoms with van der Waals surface area (Å²) >= 11 is 0. The van der Waals surface area contributed by atoms with Gasteiger partial charge in [0.2, 0.25) is 0 Å². The molecule has 0 radical (unpaired) electrons. The zero-order valence-corrected chi connectivity index (χ0v) is 6.68. The molecule has 1 saturated carbocycles. The van der Waals surface area contributed by atoms with E-state index in [-0.39, 0.29) is 12.8 Å². The van der Waals surface area contributed by atoms with Gasteiger partial charge in [0.25, 0.3) is 0 Å². The molecule has 1 spiro atoms. The Morgan fingerprint density at radius 2 is 2.27 bits per heavy atom. The fourth-order valence-electron chi connectivity index (χ4n) is 1.76. The molecule has 0 aromatic rings. The van der Waals surface area contributed by atoms with Crippen molar-refractivity contribution >= 4 is 0 Å². The van der Waals surface area contributed by atoms with Crippen LogP contribution in [0.3, 0.4) is 0 Å². The van der Waals surface area contributed by atoms with E-state index in [1.54, 1.807) is 0 Å². The first-order chi connectivity index (χ1) is 5.35. The molecular weight excluding hydrogens is 142 g/mol. The Balaban J connectivity index is 1.72. The van der Waals surface area contributed by atoms with Crippen molar-refractivity contribution in [2.75, 3.05) is 13.2 Å². The van der Waals surface area contributed by atoms with Gasteiger partial charge < -0.3 is 9.84 Å². The number of ether oxygens (including phenoxy) is 1. The van der Waals surface area contributed by atoms with Crippen LogP contribution >= 0.6 is 0 Å². The van der Waals surface area contributed by atoms with E-state index in [1.165, 1.54) is 19.3 Å². The molecule has 1 unspecified atom stereocenters. The van der Waals surface area contributed by atoms with Gasteiger partial charge in [0.1, 0.15) is 6.23 Å². The number of nitrogens with one attached hydrogen (secondary N) is 1. The Morgan fingerprint density at radius 1 is 1.45 bits per heavy atom. The van der Waals surface area contributed by atoms with Crippen LogP contribution in [0.4, 0.5) is 0 Å². The zero-order chi connectivity index (χ0) is 7.73. The minimum Gasteiger partial charge on any atom is -0.394 e. The zero-order valence-electron chi connectivity index (χ0n) is 6.68. The van der Waals surface area contributed by atoms with Crippen LogP contribution in [-0.2, 0) is 4.74 Å². The van der Waals surface area contributed by atoms with E-state index in [0.29, 0.717) is 12.1 Å². The van der Waals surface area contributed by atoms with Gasteiger partial charge >= 0.3 is 0 Å². The van der Waals surface area contributed by atoms with Crippen LogP contribution < -0.4 is 5.32 Å². The van der Waals surface area contributed by atoms with Gasteiger partial charge in [-0.25, -0.2) is 0 Å². The number of rotatable bonds is 3. The number of aliphatic hydroxyl groups excluding tert-OH is 1. The van der Waals surface area contributed by atoms with Crippen molar-refractivity contribution in [2.45, 2.75) is 37.5 Å². The summed E-state index contributed by atoms with van der Waals surface area (Å²) in [6, 6.07) is 0. The molecule has 11 heavy (non-hydrogen) atoms. The van der Waals surface area contributed by atoms with Gasteiger partial charge in [-0.15, -0.1) is 0 Å². The lowest BCUT2D eigenvalue weighted by atomic mass is 10.2. The maximum absolute atomic E-state index is 8.52. The van der Waals surface area contributed by atoms with Crippen LogP contribution in [0, 0.1) is 0 Å². The molecule has 0 aromatic heterocycles. The Bertz CT molecular complexity index is 145. The summed E-state index contributed by atoms with van der Waals surface area (Å²) in [6.45, 7) is 0.596. The predicted molar refractivity (Wildman–Crippen MR) is 41.2 cm³/mol. The third-order valence-electron chi connectivity index (χ3n) is 2.62. The Hall–Kier alpha value is -0.120. The predicted octanol–water partition coefficient (Wildman–Crippen LogP) is 0.237. The average Bonchev–Trinajstić information content (AvgIpc) is 2.61. The van der Waals surface area contributed by atoms with Crippen molar-refractivity contribution in [3.8, 4) is 0 Å². The molecule has 1 heterocycles. The summed E-state index contributed by atoms with van der Waals surface area (Å²) in [5.74, 6) is 0. The second-order valence-electron chi connectivity index (χ2n) is 3.55. The van der Waals surface area contributed by atoms with E-state index in [9.17, 15) is 0 Å². The second-order valence-corrected chi connectivity index (χ2v) is 3.55. The SMILES string of the molecule is OCCOC1CCC2(CC2)N1. The Morgan fingerprint density at radius 3 is 2.82 bits per heavy atom. The van der Waals surface area contributed by atoms with Crippen LogP contribution in [0.25, 0.3) is 0 Å². The van der Waals surface area contributed by atoms with Crippen molar-refractivity contribution in [3.05, 3.63) is 0 Å². The average molecular weight is 157 g/mol. The molecule has 1 saturated heterocycles. The molecule has 2 aliphatic rings. The third-order valence-corrected chi connectivity index (χ3v) is 2.62. The minimum absolute atomic E-state index is 0.130. The summed E-state index contributed by atoms with van der Waals surface area (Å²) in [5.41, 5.74) is 0.458. The molecule has 1 aliphatic heterocycles. The number of hydrogen-bond donors (Lipinski definition) is 2. The first-order valence-electron chi connectivity index (χ1n) is 4.35. The maximum Gasteiger partial charge on any atom is 0.108 e. The fraction of sp³-hybridized carbons (Fsp3) is 1.00. The summed E-state index contributed by atoms with van der Waals surface area (Å²) in [6.07, 6.45) is 5.20. The lowest BCUT2D eigenvalue weighted by Crippen LogP contribution is -2.33. The standard InChI is InChI=1S/C8H15NO2/c10-5-6-11-7-1-2-8(9-7)3-4-8/h7,9-10H,1-6H2. The highest BCUT2D eigenvalue weighted by molar-refractivity contribution is 5.06. The van der Waals surface area contributed by atoms with Crippen molar-refractivity contribution in [1.82, 2.24) is 5.32 Å². The molecule has 2 fully saturated rings. The van der Waals surface area contributed by atoms with Gasteiger partial charge in [-0.2, -0.15) is 0 Å². The highest BCUT2D eigenvalue weighted by Crippen LogP contribution is 2.44. The monoisotopic (exact) mass is 157 g/mol. The van der Waals surface area contributed by atoms with Gasteiger partial charge in [-0.3, -0.25) is 5.32 Å². The third kappa shape index (κ3) is 1.55. The summed E-state index contributed by atoms with van der Waals surface area (Å²) in [7, 11) is 0. The molecule has 0 aromatic carbocycles. The normalized spacial score (nSPS) is 33.0. The van der Waals surface area contributed by atoms with Gasteiger partial charge in [-0.1, -0.05) is 0 Å². The first kappa shape index (κ1) is 7.53. The molecule has 3 heteroatoms. The van der Waals surface area contributed by atoms with E-state index in [2.05, 4.69) is 5.32 Å². The van der Waals surface area contributed by atoms with E-state index in [0.717, 1.165) is 6.42 Å². The molecule has 64 valence electrons. The molecule has 1 aliphatic carbocycles.